The van der Waals surface area contributed by atoms with Gasteiger partial charge in [-0.15, -0.1) is 13.2 Å². The van der Waals surface area contributed by atoms with E-state index in [1.807, 2.05) is 0 Å². The van der Waals surface area contributed by atoms with Gasteiger partial charge in [-0.2, -0.15) is 5.10 Å². The van der Waals surface area contributed by atoms with E-state index in [1.165, 1.54) is 28.9 Å². The van der Waals surface area contributed by atoms with Crippen LogP contribution in [-0.4, -0.2) is 22.2 Å². The molecule has 6 nitrogen and oxygen atoms in total. The van der Waals surface area contributed by atoms with Crippen molar-refractivity contribution < 1.29 is 22.7 Å². The van der Waals surface area contributed by atoms with Gasteiger partial charge in [-0.25, -0.2) is 9.48 Å². The third-order valence-electron chi connectivity index (χ3n) is 4.38. The van der Waals surface area contributed by atoms with E-state index in [-0.39, 0.29) is 5.75 Å². The molecule has 1 aromatic heterocycles. The van der Waals surface area contributed by atoms with Crippen LogP contribution < -0.4 is 15.4 Å². The molecule has 0 saturated heterocycles. The lowest BCUT2D eigenvalue weighted by molar-refractivity contribution is -0.274. The topological polar surface area (TPSA) is 68.2 Å². The molecule has 156 valence electrons. The lowest BCUT2D eigenvalue weighted by Crippen LogP contribution is -2.21. The van der Waals surface area contributed by atoms with Crippen molar-refractivity contribution in [2.45, 2.75) is 25.1 Å². The number of rotatable bonds is 5. The first kappa shape index (κ1) is 20.1. The second-order valence-electron chi connectivity index (χ2n) is 6.77. The Labute approximate surface area is 174 Å². The summed E-state index contributed by atoms with van der Waals surface area (Å²) in [5.41, 5.74) is 1.85. The fourth-order valence-corrected chi connectivity index (χ4v) is 2.99. The van der Waals surface area contributed by atoms with Crippen molar-refractivity contribution in [3.63, 3.8) is 0 Å². The Balaban J connectivity index is 1.54. The predicted molar refractivity (Wildman–Crippen MR) is 106 cm³/mol. The molecule has 2 amide bonds. The molecule has 2 N–H and O–H groups in total. The maximum absolute atomic E-state index is 12.4. The van der Waals surface area contributed by atoms with Crippen molar-refractivity contribution in [3.05, 3.63) is 65.3 Å². The predicted octanol–water partition coefficient (Wildman–Crippen LogP) is 5.95. The zero-order chi connectivity index (χ0) is 21.3. The third-order valence-corrected chi connectivity index (χ3v) is 4.63. The van der Waals surface area contributed by atoms with Gasteiger partial charge in [0.2, 0.25) is 0 Å². The van der Waals surface area contributed by atoms with Gasteiger partial charge in [0, 0.05) is 22.7 Å². The van der Waals surface area contributed by atoms with Gasteiger partial charge >= 0.3 is 12.4 Å². The highest BCUT2D eigenvalue weighted by Crippen LogP contribution is 2.40. The van der Waals surface area contributed by atoms with Gasteiger partial charge in [-0.05, 0) is 61.4 Å². The highest BCUT2D eigenvalue weighted by molar-refractivity contribution is 6.30. The molecule has 1 saturated carbocycles. The first-order chi connectivity index (χ1) is 14.3. The number of benzene rings is 2. The molecule has 0 bridgehead atoms. The number of urea groups is 1. The lowest BCUT2D eigenvalue weighted by Gasteiger charge is -2.12. The summed E-state index contributed by atoms with van der Waals surface area (Å²) >= 11 is 5.84. The van der Waals surface area contributed by atoms with Crippen LogP contribution in [0.25, 0.3) is 5.69 Å². The second kappa shape index (κ2) is 7.91. The monoisotopic (exact) mass is 436 g/mol. The average molecular weight is 437 g/mol. The van der Waals surface area contributed by atoms with E-state index in [0.717, 1.165) is 18.5 Å². The number of nitrogens with zero attached hydrogens (tertiary/aromatic N) is 2. The largest absolute Gasteiger partial charge is 0.573 e. The summed E-state index contributed by atoms with van der Waals surface area (Å²) in [6, 6.07) is 13.2. The number of carbonyl (C=O) groups excluding carboxylic acids is 1. The molecule has 1 fully saturated rings. The van der Waals surface area contributed by atoms with Crippen LogP contribution in [0, 0.1) is 0 Å². The summed E-state index contributed by atoms with van der Waals surface area (Å²) < 4.78 is 42.5. The van der Waals surface area contributed by atoms with Crippen molar-refractivity contribution in [3.8, 4) is 11.4 Å². The van der Waals surface area contributed by atoms with Crippen LogP contribution in [0.5, 0.6) is 5.75 Å². The summed E-state index contributed by atoms with van der Waals surface area (Å²) in [6.07, 6.45) is -2.75. The number of ether oxygens (including phenoxy) is 1. The molecule has 3 aromatic rings. The van der Waals surface area contributed by atoms with Crippen molar-refractivity contribution >= 4 is 29.1 Å². The standard InChI is InChI=1S/C20H16ClF3N4O2/c21-13-3-5-14(6-4-13)25-19(29)26-18-11-17(12-1-2-12)27-28(18)15-7-9-16(10-8-15)30-20(22,23)24/h3-12H,1-2H2,(H2,25,26,29). The molecular formula is C20H16ClF3N4O2. The van der Waals surface area contributed by atoms with Crippen LogP contribution in [0.4, 0.5) is 29.5 Å². The lowest BCUT2D eigenvalue weighted by atomic mass is 10.3. The summed E-state index contributed by atoms with van der Waals surface area (Å²) in [4.78, 5) is 12.4. The Morgan fingerprint density at radius 2 is 1.73 bits per heavy atom. The maximum Gasteiger partial charge on any atom is 0.573 e. The fourth-order valence-electron chi connectivity index (χ4n) is 2.86. The molecule has 0 spiro atoms. The molecule has 30 heavy (non-hydrogen) atoms. The van der Waals surface area contributed by atoms with Gasteiger partial charge in [0.15, 0.2) is 0 Å². The van der Waals surface area contributed by atoms with Crippen LogP contribution in [-0.2, 0) is 0 Å². The van der Waals surface area contributed by atoms with Crippen molar-refractivity contribution in [2.75, 3.05) is 10.6 Å². The molecule has 1 heterocycles. The quantitative estimate of drug-likeness (QED) is 0.519. The number of anilines is 2. The van der Waals surface area contributed by atoms with Gasteiger partial charge in [0.05, 0.1) is 11.4 Å². The van der Waals surface area contributed by atoms with Gasteiger partial charge < -0.3 is 10.1 Å². The molecule has 0 aliphatic heterocycles. The van der Waals surface area contributed by atoms with Crippen molar-refractivity contribution in [1.29, 1.82) is 0 Å². The van der Waals surface area contributed by atoms with E-state index in [1.54, 1.807) is 30.3 Å². The molecule has 2 aromatic carbocycles. The molecule has 0 unspecified atom stereocenters. The van der Waals surface area contributed by atoms with E-state index >= 15 is 0 Å². The van der Waals surface area contributed by atoms with E-state index in [0.29, 0.717) is 28.1 Å². The number of carbonyl (C=O) groups is 1. The van der Waals surface area contributed by atoms with E-state index in [2.05, 4.69) is 20.5 Å². The zero-order valence-corrected chi connectivity index (χ0v) is 16.2. The van der Waals surface area contributed by atoms with Crippen LogP contribution in [0.1, 0.15) is 24.5 Å². The Hall–Kier alpha value is -3.20. The average Bonchev–Trinajstić information content (AvgIpc) is 3.44. The number of nitrogens with one attached hydrogen (secondary N) is 2. The first-order valence-corrected chi connectivity index (χ1v) is 9.44. The van der Waals surface area contributed by atoms with Gasteiger partial charge in [-0.1, -0.05) is 11.6 Å². The molecule has 1 aliphatic carbocycles. The highest BCUT2D eigenvalue weighted by Gasteiger charge is 2.31. The van der Waals surface area contributed by atoms with Crippen molar-refractivity contribution in [2.24, 2.45) is 0 Å². The minimum absolute atomic E-state index is 0.318. The van der Waals surface area contributed by atoms with Gasteiger partial charge in [0.25, 0.3) is 0 Å². The van der Waals surface area contributed by atoms with Gasteiger partial charge in [0.1, 0.15) is 11.6 Å². The molecular weight excluding hydrogens is 421 g/mol. The summed E-state index contributed by atoms with van der Waals surface area (Å²) in [6.45, 7) is 0. The summed E-state index contributed by atoms with van der Waals surface area (Å²) in [7, 11) is 0. The van der Waals surface area contributed by atoms with E-state index < -0.39 is 12.4 Å². The summed E-state index contributed by atoms with van der Waals surface area (Å²) in [5, 5.41) is 10.5. The minimum atomic E-state index is -4.77. The summed E-state index contributed by atoms with van der Waals surface area (Å²) in [5.74, 6) is 0.377. The number of alkyl halides is 3. The number of halogens is 4. The SMILES string of the molecule is O=C(Nc1ccc(Cl)cc1)Nc1cc(C2CC2)nn1-c1ccc(OC(F)(F)F)cc1. The minimum Gasteiger partial charge on any atom is -0.406 e. The number of hydrogen-bond donors (Lipinski definition) is 2. The van der Waals surface area contributed by atoms with Crippen molar-refractivity contribution in [1.82, 2.24) is 9.78 Å². The number of hydrogen-bond acceptors (Lipinski definition) is 3. The van der Waals surface area contributed by atoms with Crippen LogP contribution in [0.15, 0.2) is 54.6 Å². The van der Waals surface area contributed by atoms with Crippen LogP contribution in [0.3, 0.4) is 0 Å². The Bertz CT molecular complexity index is 1050. The van der Waals surface area contributed by atoms with E-state index in [4.69, 9.17) is 11.6 Å². The Morgan fingerprint density at radius 1 is 1.07 bits per heavy atom. The number of amides is 2. The molecule has 4 rings (SSSR count). The fraction of sp³-hybridized carbons (Fsp3) is 0.200. The highest BCUT2D eigenvalue weighted by atomic mass is 35.5. The molecule has 0 radical (unpaired) electrons. The molecule has 10 heteroatoms. The normalized spacial score (nSPS) is 13.7. The zero-order valence-electron chi connectivity index (χ0n) is 15.4. The van der Waals surface area contributed by atoms with Crippen LogP contribution >= 0.6 is 11.6 Å². The van der Waals surface area contributed by atoms with E-state index in [9.17, 15) is 18.0 Å². The van der Waals surface area contributed by atoms with Crippen LogP contribution in [0.2, 0.25) is 5.02 Å². The Morgan fingerprint density at radius 3 is 2.33 bits per heavy atom. The molecule has 0 atom stereocenters. The Kier molecular flexibility index (Phi) is 5.29. The second-order valence-corrected chi connectivity index (χ2v) is 7.20. The third kappa shape index (κ3) is 5.04. The van der Waals surface area contributed by atoms with Gasteiger partial charge in [-0.3, -0.25) is 5.32 Å². The number of aromatic nitrogens is 2. The maximum atomic E-state index is 12.4. The first-order valence-electron chi connectivity index (χ1n) is 9.06. The molecule has 1 aliphatic rings. The smallest absolute Gasteiger partial charge is 0.406 e.